The number of fused-ring (bicyclic) bond motifs is 2. The van der Waals surface area contributed by atoms with Gasteiger partial charge in [0.2, 0.25) is 11.9 Å². The lowest BCUT2D eigenvalue weighted by Crippen LogP contribution is -2.46. The minimum absolute atomic E-state index is 0.0483. The van der Waals surface area contributed by atoms with Gasteiger partial charge in [-0.1, -0.05) is 0 Å². The highest BCUT2D eigenvalue weighted by Crippen LogP contribution is 2.68. The average Bonchev–Trinajstić information content (AvgIpc) is 3.79. The average molecular weight is 849 g/mol. The zero-order chi connectivity index (χ0) is 39.5. The number of nitrogen functional groups attached to an aromatic ring is 2. The van der Waals surface area contributed by atoms with Gasteiger partial charge in [0.1, 0.15) is 42.3 Å². The SMILES string of the molecule is COC1C(COP(=O)(O)OP(O)(=S)OP(=O)(O)OCC2OC(N3CN(C)c4c3nc(N)[nH]c4=O)C(OC)C2O)OC(n2cnc3c(=O)[nH]c(N)nc32)C1O. The number of rotatable bonds is 14. The van der Waals surface area contributed by atoms with Gasteiger partial charge in [0, 0.05) is 21.3 Å². The van der Waals surface area contributed by atoms with Crippen LogP contribution in [-0.2, 0) is 57.6 Å². The molecule has 2 saturated heterocycles. The minimum atomic E-state index is -5.43. The van der Waals surface area contributed by atoms with Crippen molar-refractivity contribution < 1.29 is 70.6 Å². The number of imidazole rings is 1. The van der Waals surface area contributed by atoms with E-state index in [-0.39, 0.29) is 41.2 Å². The maximum Gasteiger partial charge on any atom is 0.479 e. The van der Waals surface area contributed by atoms with Crippen LogP contribution in [0.2, 0.25) is 0 Å². The number of aromatic amines is 2. The number of H-pyrrole nitrogens is 2. The zero-order valence-corrected chi connectivity index (χ0v) is 31.5. The molecular formula is C23H35N10O17P3S. The van der Waals surface area contributed by atoms with E-state index in [9.17, 15) is 43.6 Å². The number of aromatic nitrogens is 6. The first kappa shape index (κ1) is 40.7. The van der Waals surface area contributed by atoms with E-state index < -0.39 is 95.8 Å². The van der Waals surface area contributed by atoms with Crippen LogP contribution < -0.4 is 32.4 Å². The minimum Gasteiger partial charge on any atom is -0.387 e. The number of nitrogens with two attached hydrogens (primary N) is 2. The molecule has 0 bridgehead atoms. The van der Waals surface area contributed by atoms with E-state index in [1.165, 1.54) is 23.7 Å². The number of methoxy groups -OCH3 is 2. The number of aliphatic hydroxyl groups is 2. The summed E-state index contributed by atoms with van der Waals surface area (Å²) in [4.78, 5) is 75.4. The molecule has 300 valence electrons. The third-order valence-corrected chi connectivity index (χ3v) is 13.8. The second-order valence-electron chi connectivity index (χ2n) is 11.9. The highest BCUT2D eigenvalue weighted by molar-refractivity contribution is 8.09. The molecular weight excluding hydrogens is 813 g/mol. The number of nitrogens with one attached hydrogen (secondary N) is 2. The summed E-state index contributed by atoms with van der Waals surface area (Å²) in [6, 6.07) is 0. The van der Waals surface area contributed by atoms with Crippen LogP contribution >= 0.6 is 22.4 Å². The van der Waals surface area contributed by atoms with Crippen LogP contribution in [0.25, 0.3) is 11.2 Å². The molecule has 11 unspecified atom stereocenters. The fourth-order valence-corrected chi connectivity index (χ4v) is 11.1. The second kappa shape index (κ2) is 15.2. The van der Waals surface area contributed by atoms with Crippen molar-refractivity contribution in [3.05, 3.63) is 27.0 Å². The Balaban J connectivity index is 1.05. The van der Waals surface area contributed by atoms with Crippen molar-refractivity contribution in [2.45, 2.75) is 49.1 Å². The molecule has 6 heterocycles. The Morgan fingerprint density at radius 2 is 1.48 bits per heavy atom. The van der Waals surface area contributed by atoms with E-state index in [0.717, 1.165) is 6.33 Å². The van der Waals surface area contributed by atoms with E-state index in [2.05, 4.69) is 45.3 Å². The van der Waals surface area contributed by atoms with Crippen molar-refractivity contribution in [3.8, 4) is 0 Å². The van der Waals surface area contributed by atoms with Crippen LogP contribution in [0, 0.1) is 0 Å². The molecule has 0 aliphatic carbocycles. The van der Waals surface area contributed by atoms with Crippen LogP contribution in [0.15, 0.2) is 15.9 Å². The number of anilines is 4. The van der Waals surface area contributed by atoms with E-state index in [1.54, 1.807) is 11.9 Å². The lowest BCUT2D eigenvalue weighted by molar-refractivity contribution is -0.0525. The third-order valence-electron chi connectivity index (χ3n) is 8.33. The van der Waals surface area contributed by atoms with Crippen molar-refractivity contribution in [2.24, 2.45) is 0 Å². The van der Waals surface area contributed by atoms with Crippen LogP contribution in [0.5, 0.6) is 0 Å². The fourth-order valence-electron chi connectivity index (χ4n) is 6.11. The van der Waals surface area contributed by atoms with Gasteiger partial charge in [0.05, 0.1) is 26.2 Å². The van der Waals surface area contributed by atoms with Gasteiger partial charge in [0.25, 0.3) is 11.1 Å². The predicted molar refractivity (Wildman–Crippen MR) is 184 cm³/mol. The molecule has 3 aromatic rings. The molecule has 54 heavy (non-hydrogen) atoms. The van der Waals surface area contributed by atoms with E-state index >= 15 is 0 Å². The smallest absolute Gasteiger partial charge is 0.387 e. The molecule has 3 aromatic heterocycles. The largest absolute Gasteiger partial charge is 0.479 e. The Hall–Kier alpha value is -2.98. The lowest BCUT2D eigenvalue weighted by atomic mass is 10.1. The molecule has 0 radical (unpaired) electrons. The number of hydrogen-bond acceptors (Lipinski definition) is 22. The van der Waals surface area contributed by atoms with Crippen LogP contribution in [0.3, 0.4) is 0 Å². The number of phosphoric ester groups is 2. The van der Waals surface area contributed by atoms with Gasteiger partial charge in [-0.05, 0) is 11.8 Å². The Kier molecular flexibility index (Phi) is 11.4. The molecule has 11 N–H and O–H groups in total. The molecule has 11 atom stereocenters. The number of aliphatic hydroxyl groups excluding tert-OH is 2. The first-order chi connectivity index (χ1) is 25.2. The summed E-state index contributed by atoms with van der Waals surface area (Å²) in [5.74, 6) is -0.321. The number of hydrogen-bond donors (Lipinski definition) is 9. The van der Waals surface area contributed by atoms with E-state index in [0.29, 0.717) is 0 Å². The number of nitrogens with zero attached hydrogens (tertiary/aromatic N) is 6. The van der Waals surface area contributed by atoms with Gasteiger partial charge in [0.15, 0.2) is 29.4 Å². The third kappa shape index (κ3) is 8.12. The Morgan fingerprint density at radius 1 is 0.907 bits per heavy atom. The maximum absolute atomic E-state index is 12.8. The highest BCUT2D eigenvalue weighted by Gasteiger charge is 2.51. The Labute approximate surface area is 307 Å². The lowest BCUT2D eigenvalue weighted by Gasteiger charge is -2.29. The van der Waals surface area contributed by atoms with Gasteiger partial charge >= 0.3 is 22.4 Å². The van der Waals surface area contributed by atoms with Crippen molar-refractivity contribution in [3.63, 3.8) is 0 Å². The van der Waals surface area contributed by atoms with E-state index in [1.807, 2.05) is 0 Å². The summed E-state index contributed by atoms with van der Waals surface area (Å²) in [6.07, 6.45) is -9.26. The maximum atomic E-state index is 12.8. The summed E-state index contributed by atoms with van der Waals surface area (Å²) in [6.45, 7) is -6.80. The van der Waals surface area contributed by atoms with Gasteiger partial charge in [-0.25, -0.2) is 22.7 Å². The Bertz CT molecular complexity index is 2160. The molecule has 0 saturated carbocycles. The fraction of sp³-hybridized carbons (Fsp3) is 0.609. The van der Waals surface area contributed by atoms with Gasteiger partial charge in [-0.2, -0.15) is 9.97 Å². The number of phosphoric acid groups is 2. The first-order valence-corrected chi connectivity index (χ1v) is 20.9. The molecule has 3 aliphatic rings. The first-order valence-electron chi connectivity index (χ1n) is 15.3. The quantitative estimate of drug-likeness (QED) is 0.0737. The molecule has 0 spiro atoms. The molecule has 31 heteroatoms. The molecule has 0 aromatic carbocycles. The molecule has 6 rings (SSSR count). The van der Waals surface area contributed by atoms with Crippen LogP contribution in [-0.4, -0.2) is 138 Å². The monoisotopic (exact) mass is 848 g/mol. The highest BCUT2D eigenvalue weighted by atomic mass is 32.5. The van der Waals surface area contributed by atoms with Gasteiger partial charge in [-0.3, -0.25) is 33.2 Å². The molecule has 0 amide bonds. The van der Waals surface area contributed by atoms with Crippen molar-refractivity contribution in [1.29, 1.82) is 0 Å². The zero-order valence-electron chi connectivity index (χ0n) is 28.0. The number of ether oxygens (including phenoxy) is 4. The Morgan fingerprint density at radius 3 is 2.11 bits per heavy atom. The summed E-state index contributed by atoms with van der Waals surface area (Å²) in [7, 11) is -6.80. The summed E-state index contributed by atoms with van der Waals surface area (Å²) in [5.41, 5.74) is 10.1. The van der Waals surface area contributed by atoms with Crippen LogP contribution in [0.4, 0.5) is 23.4 Å². The van der Waals surface area contributed by atoms with Gasteiger partial charge in [-0.15, -0.1) is 0 Å². The summed E-state index contributed by atoms with van der Waals surface area (Å²) < 4.78 is 67.8. The second-order valence-corrected chi connectivity index (χ2v) is 17.9. The predicted octanol–water partition coefficient (Wildman–Crippen LogP) is -2.86. The van der Waals surface area contributed by atoms with Crippen molar-refractivity contribution in [1.82, 2.24) is 29.5 Å². The normalized spacial score (nSPS) is 30.4. The standard InChI is InChI=1S/C23H35N10O17P3S/c1-31-7-33(17-11(31)19(37)30-23(25)28-17)21-15(44-3)12(34)8(47-21)4-45-51(38,39)49-53(42,54)50-52(40,41)46-5-9-14(43-2)13(35)20(48-9)32-6-26-10-16(32)27-22(24)29-18(10)36/h6,8-9,12-15,20-21,34-35H,4-5,7H2,1-3H3,(H,38,39)(H,40,41)(H,42,54)(H3,24,27,29,36)(H3,25,28,30,37). The van der Waals surface area contributed by atoms with Crippen LogP contribution in [0.1, 0.15) is 6.23 Å². The molecule has 3 aliphatic heterocycles. The molecule has 2 fully saturated rings. The topological polar surface area (TPSA) is 377 Å². The summed E-state index contributed by atoms with van der Waals surface area (Å²) >= 11 is 4.65. The van der Waals surface area contributed by atoms with Crippen molar-refractivity contribution >= 4 is 68.7 Å². The molecule has 27 nitrogen and oxygen atoms in total. The van der Waals surface area contributed by atoms with E-state index in [4.69, 9.17) is 39.5 Å². The summed E-state index contributed by atoms with van der Waals surface area (Å²) in [5, 5.41) is 21.8. The van der Waals surface area contributed by atoms with Crippen molar-refractivity contribution in [2.75, 3.05) is 62.4 Å². The van der Waals surface area contributed by atoms with Gasteiger partial charge < -0.3 is 65.1 Å².